The van der Waals surface area contributed by atoms with Crippen LogP contribution in [0.3, 0.4) is 0 Å². The summed E-state index contributed by atoms with van der Waals surface area (Å²) in [5.74, 6) is 0.326. The van der Waals surface area contributed by atoms with E-state index in [0.717, 1.165) is 18.4 Å². The summed E-state index contributed by atoms with van der Waals surface area (Å²) in [5.41, 5.74) is 2.10. The third-order valence-electron chi connectivity index (χ3n) is 4.23. The monoisotopic (exact) mass is 362 g/mol. The van der Waals surface area contributed by atoms with E-state index in [1.807, 2.05) is 6.92 Å². The normalized spacial score (nSPS) is 12.9. The standard InChI is InChI=1S/C20H27ClN2O2/c1-6-7-12-23-19(24)18(21)17(13-22-23)25-14(2)15-8-10-16(11-9-15)20(3,4)5/h8-11,13-14H,6-7,12H2,1-5H3. The molecule has 0 bridgehead atoms. The van der Waals surface area contributed by atoms with E-state index >= 15 is 0 Å². The molecule has 0 N–H and O–H groups in total. The van der Waals surface area contributed by atoms with Gasteiger partial charge in [0.25, 0.3) is 5.56 Å². The molecule has 1 unspecified atom stereocenters. The van der Waals surface area contributed by atoms with Gasteiger partial charge in [-0.15, -0.1) is 0 Å². The first kappa shape index (κ1) is 19.5. The number of hydrogen-bond acceptors (Lipinski definition) is 3. The molecule has 0 saturated carbocycles. The third-order valence-corrected chi connectivity index (χ3v) is 4.57. The molecule has 0 spiro atoms. The van der Waals surface area contributed by atoms with Crippen molar-refractivity contribution in [1.29, 1.82) is 0 Å². The zero-order valence-corrected chi connectivity index (χ0v) is 16.4. The Morgan fingerprint density at radius 2 is 1.88 bits per heavy atom. The highest BCUT2D eigenvalue weighted by Crippen LogP contribution is 2.28. The third kappa shape index (κ3) is 4.85. The topological polar surface area (TPSA) is 44.1 Å². The fourth-order valence-electron chi connectivity index (χ4n) is 2.51. The molecular weight excluding hydrogens is 336 g/mol. The van der Waals surface area contributed by atoms with Gasteiger partial charge in [0.15, 0.2) is 10.8 Å². The Balaban J connectivity index is 2.16. The summed E-state index contributed by atoms with van der Waals surface area (Å²) in [6.07, 6.45) is 3.18. The molecule has 136 valence electrons. The second-order valence-electron chi connectivity index (χ2n) is 7.34. The predicted molar refractivity (Wildman–Crippen MR) is 103 cm³/mol. The molecule has 2 aromatic rings. The largest absolute Gasteiger partial charge is 0.483 e. The van der Waals surface area contributed by atoms with E-state index in [2.05, 4.69) is 57.1 Å². The molecular formula is C20H27ClN2O2. The number of hydrogen-bond donors (Lipinski definition) is 0. The van der Waals surface area contributed by atoms with Gasteiger partial charge in [-0.25, -0.2) is 4.68 Å². The minimum atomic E-state index is -0.303. The lowest BCUT2D eigenvalue weighted by Gasteiger charge is -2.21. The van der Waals surface area contributed by atoms with Crippen molar-refractivity contribution in [3.63, 3.8) is 0 Å². The maximum Gasteiger partial charge on any atom is 0.289 e. The van der Waals surface area contributed by atoms with E-state index in [1.54, 1.807) is 0 Å². The number of rotatable bonds is 6. The minimum absolute atomic E-state index is 0.0873. The van der Waals surface area contributed by atoms with Crippen molar-refractivity contribution in [2.75, 3.05) is 0 Å². The fraction of sp³-hybridized carbons (Fsp3) is 0.500. The summed E-state index contributed by atoms with van der Waals surface area (Å²) in [6, 6.07) is 8.32. The SMILES string of the molecule is CCCCn1ncc(OC(C)c2ccc(C(C)(C)C)cc2)c(Cl)c1=O. The van der Waals surface area contributed by atoms with Crippen LogP contribution in [-0.2, 0) is 12.0 Å². The van der Waals surface area contributed by atoms with Crippen LogP contribution in [0, 0.1) is 0 Å². The number of nitrogens with zero attached hydrogens (tertiary/aromatic N) is 2. The number of unbranched alkanes of at least 4 members (excludes halogenated alkanes) is 1. The molecule has 25 heavy (non-hydrogen) atoms. The fourth-order valence-corrected chi connectivity index (χ4v) is 2.70. The number of ether oxygens (including phenoxy) is 1. The summed E-state index contributed by atoms with van der Waals surface area (Å²) < 4.78 is 7.28. The first-order valence-electron chi connectivity index (χ1n) is 8.76. The lowest BCUT2D eigenvalue weighted by Crippen LogP contribution is -2.24. The first-order valence-corrected chi connectivity index (χ1v) is 9.14. The lowest BCUT2D eigenvalue weighted by molar-refractivity contribution is 0.224. The van der Waals surface area contributed by atoms with Gasteiger partial charge in [-0.05, 0) is 29.9 Å². The van der Waals surface area contributed by atoms with Crippen LogP contribution in [0.1, 0.15) is 64.7 Å². The van der Waals surface area contributed by atoms with Gasteiger partial charge in [0.05, 0.1) is 6.20 Å². The Bertz CT molecular complexity index is 761. The average molecular weight is 363 g/mol. The van der Waals surface area contributed by atoms with E-state index < -0.39 is 0 Å². The smallest absolute Gasteiger partial charge is 0.289 e. The van der Waals surface area contributed by atoms with Gasteiger partial charge >= 0.3 is 0 Å². The van der Waals surface area contributed by atoms with E-state index in [-0.39, 0.29) is 22.1 Å². The molecule has 5 heteroatoms. The van der Waals surface area contributed by atoms with Crippen LogP contribution in [0.15, 0.2) is 35.3 Å². The zero-order valence-electron chi connectivity index (χ0n) is 15.7. The van der Waals surface area contributed by atoms with Gasteiger partial charge in [0.2, 0.25) is 0 Å². The Labute approximate surface area is 154 Å². The van der Waals surface area contributed by atoms with Crippen LogP contribution in [0.4, 0.5) is 0 Å². The molecule has 0 aliphatic heterocycles. The highest BCUT2D eigenvalue weighted by molar-refractivity contribution is 6.31. The number of halogens is 1. The molecule has 1 aromatic heterocycles. The number of aromatic nitrogens is 2. The van der Waals surface area contributed by atoms with Crippen LogP contribution in [0.2, 0.25) is 5.02 Å². The summed E-state index contributed by atoms with van der Waals surface area (Å²) in [7, 11) is 0. The molecule has 0 aliphatic carbocycles. The molecule has 1 heterocycles. The van der Waals surface area contributed by atoms with Crippen molar-refractivity contribution in [2.45, 2.75) is 65.5 Å². The highest BCUT2D eigenvalue weighted by Gasteiger charge is 2.17. The van der Waals surface area contributed by atoms with Gasteiger partial charge in [-0.1, -0.05) is 70.0 Å². The highest BCUT2D eigenvalue weighted by atomic mass is 35.5. The van der Waals surface area contributed by atoms with E-state index in [9.17, 15) is 4.79 Å². The van der Waals surface area contributed by atoms with Crippen LogP contribution < -0.4 is 10.3 Å². The maximum absolute atomic E-state index is 12.3. The van der Waals surface area contributed by atoms with E-state index in [0.29, 0.717) is 12.3 Å². The maximum atomic E-state index is 12.3. The lowest BCUT2D eigenvalue weighted by atomic mass is 9.86. The van der Waals surface area contributed by atoms with Crippen LogP contribution in [0.25, 0.3) is 0 Å². The van der Waals surface area contributed by atoms with Crippen LogP contribution >= 0.6 is 11.6 Å². The van der Waals surface area contributed by atoms with Gasteiger partial charge in [0.1, 0.15) is 6.10 Å². The Hall–Kier alpha value is -1.81. The average Bonchev–Trinajstić information content (AvgIpc) is 2.57. The van der Waals surface area contributed by atoms with Gasteiger partial charge < -0.3 is 4.74 Å². The van der Waals surface area contributed by atoms with Crippen molar-refractivity contribution in [3.8, 4) is 5.75 Å². The van der Waals surface area contributed by atoms with Gasteiger partial charge in [0, 0.05) is 6.54 Å². The molecule has 4 nitrogen and oxygen atoms in total. The zero-order chi connectivity index (χ0) is 18.6. The predicted octanol–water partition coefficient (Wildman–Crippen LogP) is 5.13. The van der Waals surface area contributed by atoms with Gasteiger partial charge in [-0.3, -0.25) is 4.79 Å². The van der Waals surface area contributed by atoms with Crippen molar-refractivity contribution in [1.82, 2.24) is 9.78 Å². The molecule has 0 amide bonds. The second-order valence-corrected chi connectivity index (χ2v) is 7.71. The number of aryl methyl sites for hydroxylation is 1. The Morgan fingerprint density at radius 3 is 2.44 bits per heavy atom. The quantitative estimate of drug-likeness (QED) is 0.715. The summed E-state index contributed by atoms with van der Waals surface area (Å²) in [4.78, 5) is 12.3. The Kier molecular flexibility index (Phi) is 6.28. The second kappa shape index (κ2) is 8.05. The molecule has 0 aliphatic rings. The van der Waals surface area contributed by atoms with Crippen LogP contribution in [0.5, 0.6) is 5.75 Å². The molecule has 1 aromatic carbocycles. The van der Waals surface area contributed by atoms with E-state index in [4.69, 9.17) is 16.3 Å². The first-order chi connectivity index (χ1) is 11.7. The van der Waals surface area contributed by atoms with Crippen molar-refractivity contribution < 1.29 is 4.74 Å². The van der Waals surface area contributed by atoms with Crippen molar-refractivity contribution in [3.05, 3.63) is 57.0 Å². The summed E-state index contributed by atoms with van der Waals surface area (Å²) in [5, 5.41) is 4.25. The number of benzene rings is 1. The molecule has 0 radical (unpaired) electrons. The van der Waals surface area contributed by atoms with Crippen molar-refractivity contribution in [2.24, 2.45) is 0 Å². The Morgan fingerprint density at radius 1 is 1.24 bits per heavy atom. The molecule has 0 saturated heterocycles. The summed E-state index contributed by atoms with van der Waals surface area (Å²) in [6.45, 7) is 11.1. The van der Waals surface area contributed by atoms with Crippen LogP contribution in [-0.4, -0.2) is 9.78 Å². The van der Waals surface area contributed by atoms with Crippen molar-refractivity contribution >= 4 is 11.6 Å². The summed E-state index contributed by atoms with van der Waals surface area (Å²) >= 11 is 6.20. The van der Waals surface area contributed by atoms with Gasteiger partial charge in [-0.2, -0.15) is 5.10 Å². The molecule has 0 fully saturated rings. The van der Waals surface area contributed by atoms with E-state index in [1.165, 1.54) is 16.4 Å². The molecule has 2 rings (SSSR count). The molecule has 1 atom stereocenters. The minimum Gasteiger partial charge on any atom is -0.483 e.